The van der Waals surface area contributed by atoms with Crippen molar-refractivity contribution in [3.63, 3.8) is 0 Å². The third-order valence-corrected chi connectivity index (χ3v) is 3.27. The highest BCUT2D eigenvalue weighted by Crippen LogP contribution is 2.34. The summed E-state index contributed by atoms with van der Waals surface area (Å²) in [5.74, 6) is 2.36. The molecule has 0 heterocycles. The SMILES string of the molecule is CC(C)c1cccc(OOc2ccccc2)c1C(C)C. The summed E-state index contributed by atoms with van der Waals surface area (Å²) in [6.45, 7) is 8.75. The van der Waals surface area contributed by atoms with Gasteiger partial charge in [0.25, 0.3) is 0 Å². The van der Waals surface area contributed by atoms with E-state index in [4.69, 9.17) is 9.78 Å². The highest BCUT2D eigenvalue weighted by atomic mass is 17.2. The lowest BCUT2D eigenvalue weighted by Crippen LogP contribution is -2.07. The Morgan fingerprint density at radius 2 is 1.40 bits per heavy atom. The molecule has 0 unspecified atom stereocenters. The Kier molecular flexibility index (Phi) is 4.67. The van der Waals surface area contributed by atoms with Gasteiger partial charge in [0.15, 0.2) is 11.5 Å². The van der Waals surface area contributed by atoms with Gasteiger partial charge in [-0.05, 0) is 35.6 Å². The number of hydrogen-bond acceptors (Lipinski definition) is 2. The third kappa shape index (κ3) is 3.32. The van der Waals surface area contributed by atoms with Crippen molar-refractivity contribution < 1.29 is 9.78 Å². The van der Waals surface area contributed by atoms with Gasteiger partial charge >= 0.3 is 0 Å². The average Bonchev–Trinajstić information content (AvgIpc) is 2.45. The number of para-hydroxylation sites is 1. The molecule has 0 atom stereocenters. The molecule has 0 saturated heterocycles. The van der Waals surface area contributed by atoms with Gasteiger partial charge in [0.2, 0.25) is 0 Å². The lowest BCUT2D eigenvalue weighted by atomic mass is 9.90. The quantitative estimate of drug-likeness (QED) is 0.541. The first-order valence-corrected chi connectivity index (χ1v) is 7.12. The van der Waals surface area contributed by atoms with E-state index in [1.165, 1.54) is 11.1 Å². The van der Waals surface area contributed by atoms with Crippen LogP contribution < -0.4 is 9.78 Å². The molecule has 2 aromatic rings. The first-order valence-electron chi connectivity index (χ1n) is 7.12. The molecule has 0 bridgehead atoms. The van der Waals surface area contributed by atoms with Crippen LogP contribution in [-0.2, 0) is 0 Å². The first kappa shape index (κ1) is 14.4. The van der Waals surface area contributed by atoms with E-state index in [-0.39, 0.29) is 0 Å². The third-order valence-electron chi connectivity index (χ3n) is 3.27. The molecule has 0 fully saturated rings. The molecule has 2 aromatic carbocycles. The highest BCUT2D eigenvalue weighted by molar-refractivity contribution is 5.43. The molecule has 106 valence electrons. The summed E-state index contributed by atoms with van der Waals surface area (Å²) in [5.41, 5.74) is 2.53. The Balaban J connectivity index is 2.25. The van der Waals surface area contributed by atoms with Gasteiger partial charge < -0.3 is 0 Å². The van der Waals surface area contributed by atoms with Gasteiger partial charge in [0.1, 0.15) is 0 Å². The molecule has 0 aromatic heterocycles. The summed E-state index contributed by atoms with van der Waals surface area (Å²) < 4.78 is 0. The minimum Gasteiger partial charge on any atom is -0.290 e. The Bertz CT molecular complexity index is 545. The fourth-order valence-corrected chi connectivity index (χ4v) is 2.32. The van der Waals surface area contributed by atoms with Gasteiger partial charge in [-0.25, -0.2) is 0 Å². The van der Waals surface area contributed by atoms with Crippen LogP contribution in [0.3, 0.4) is 0 Å². The molecule has 0 aliphatic carbocycles. The molecule has 0 saturated carbocycles. The van der Waals surface area contributed by atoms with Crippen LogP contribution in [0, 0.1) is 0 Å². The van der Waals surface area contributed by atoms with Crippen LogP contribution in [-0.4, -0.2) is 0 Å². The van der Waals surface area contributed by atoms with E-state index >= 15 is 0 Å². The van der Waals surface area contributed by atoms with Gasteiger partial charge in [0.05, 0.1) is 0 Å². The van der Waals surface area contributed by atoms with Crippen molar-refractivity contribution in [2.45, 2.75) is 39.5 Å². The van der Waals surface area contributed by atoms with Crippen molar-refractivity contribution in [3.05, 3.63) is 59.7 Å². The van der Waals surface area contributed by atoms with Crippen molar-refractivity contribution in [1.29, 1.82) is 0 Å². The maximum atomic E-state index is 5.58. The second-order valence-electron chi connectivity index (χ2n) is 5.55. The lowest BCUT2D eigenvalue weighted by Gasteiger charge is -2.19. The number of benzene rings is 2. The predicted octanol–water partition coefficient (Wildman–Crippen LogP) is 5.31. The van der Waals surface area contributed by atoms with Crippen LogP contribution in [0.15, 0.2) is 48.5 Å². The van der Waals surface area contributed by atoms with E-state index < -0.39 is 0 Å². The van der Waals surface area contributed by atoms with E-state index in [0.29, 0.717) is 17.6 Å². The zero-order valence-electron chi connectivity index (χ0n) is 12.6. The lowest BCUT2D eigenvalue weighted by molar-refractivity contribution is -0.101. The Morgan fingerprint density at radius 3 is 2.00 bits per heavy atom. The monoisotopic (exact) mass is 270 g/mol. The van der Waals surface area contributed by atoms with Gasteiger partial charge in [0, 0.05) is 5.56 Å². The summed E-state index contributed by atoms with van der Waals surface area (Å²) in [5, 5.41) is 0. The second kappa shape index (κ2) is 6.47. The maximum absolute atomic E-state index is 5.58. The molecule has 2 nitrogen and oxygen atoms in total. The molecular weight excluding hydrogens is 248 g/mol. The van der Waals surface area contributed by atoms with Crippen molar-refractivity contribution in [2.24, 2.45) is 0 Å². The molecule has 20 heavy (non-hydrogen) atoms. The molecule has 0 N–H and O–H groups in total. The summed E-state index contributed by atoms with van der Waals surface area (Å²) >= 11 is 0. The summed E-state index contributed by atoms with van der Waals surface area (Å²) in [4.78, 5) is 11.0. The number of hydrogen-bond donors (Lipinski definition) is 0. The van der Waals surface area contributed by atoms with Gasteiger partial charge in [-0.1, -0.05) is 58.0 Å². The summed E-state index contributed by atoms with van der Waals surface area (Å²) in [6.07, 6.45) is 0. The van der Waals surface area contributed by atoms with E-state index in [2.05, 4.69) is 33.8 Å². The largest absolute Gasteiger partial charge is 0.290 e. The fraction of sp³-hybridized carbons (Fsp3) is 0.333. The van der Waals surface area contributed by atoms with E-state index in [9.17, 15) is 0 Å². The van der Waals surface area contributed by atoms with Gasteiger partial charge in [-0.3, -0.25) is 9.78 Å². The van der Waals surface area contributed by atoms with Crippen molar-refractivity contribution >= 4 is 0 Å². The van der Waals surface area contributed by atoms with Crippen LogP contribution in [0.25, 0.3) is 0 Å². The van der Waals surface area contributed by atoms with Crippen molar-refractivity contribution in [3.8, 4) is 11.5 Å². The first-order chi connectivity index (χ1) is 9.59. The maximum Gasteiger partial charge on any atom is 0.182 e. The topological polar surface area (TPSA) is 18.5 Å². The molecule has 2 heteroatoms. The van der Waals surface area contributed by atoms with E-state index in [0.717, 1.165) is 5.75 Å². The van der Waals surface area contributed by atoms with Crippen molar-refractivity contribution in [2.75, 3.05) is 0 Å². The zero-order chi connectivity index (χ0) is 14.5. The molecule has 0 radical (unpaired) electrons. The molecule has 0 spiro atoms. The highest BCUT2D eigenvalue weighted by Gasteiger charge is 2.16. The zero-order valence-corrected chi connectivity index (χ0v) is 12.6. The van der Waals surface area contributed by atoms with E-state index in [1.54, 1.807) is 0 Å². The predicted molar refractivity (Wildman–Crippen MR) is 82.3 cm³/mol. The van der Waals surface area contributed by atoms with E-state index in [1.807, 2.05) is 42.5 Å². The smallest absolute Gasteiger partial charge is 0.182 e. The van der Waals surface area contributed by atoms with Crippen LogP contribution in [0.2, 0.25) is 0 Å². The summed E-state index contributed by atoms with van der Waals surface area (Å²) in [6, 6.07) is 15.7. The molecule has 0 aliphatic rings. The standard InChI is InChI=1S/C18H22O2/c1-13(2)16-11-8-12-17(18(16)14(3)4)20-19-15-9-6-5-7-10-15/h5-14H,1-4H3. The van der Waals surface area contributed by atoms with Crippen molar-refractivity contribution in [1.82, 2.24) is 0 Å². The van der Waals surface area contributed by atoms with Crippen LogP contribution in [0.5, 0.6) is 11.5 Å². The van der Waals surface area contributed by atoms with Crippen LogP contribution >= 0.6 is 0 Å². The molecule has 0 aliphatic heterocycles. The minimum atomic E-state index is 0.392. The molecular formula is C18H22O2. The average molecular weight is 270 g/mol. The Morgan fingerprint density at radius 1 is 0.700 bits per heavy atom. The number of rotatable bonds is 5. The van der Waals surface area contributed by atoms with Crippen LogP contribution in [0.4, 0.5) is 0 Å². The Hall–Kier alpha value is -1.96. The molecule has 2 rings (SSSR count). The Labute approximate surface area is 121 Å². The van der Waals surface area contributed by atoms with Gasteiger partial charge in [-0.2, -0.15) is 0 Å². The van der Waals surface area contributed by atoms with Crippen LogP contribution in [0.1, 0.15) is 50.7 Å². The second-order valence-corrected chi connectivity index (χ2v) is 5.55. The normalized spacial score (nSPS) is 10.9. The molecule has 0 amide bonds. The summed E-state index contributed by atoms with van der Waals surface area (Å²) in [7, 11) is 0. The van der Waals surface area contributed by atoms with Gasteiger partial charge in [-0.15, -0.1) is 0 Å². The minimum absolute atomic E-state index is 0.392. The fourth-order valence-electron chi connectivity index (χ4n) is 2.32.